The van der Waals surface area contributed by atoms with Crippen molar-refractivity contribution in [1.82, 2.24) is 35.2 Å². The van der Waals surface area contributed by atoms with E-state index in [4.69, 9.17) is 4.74 Å². The molecule has 3 aromatic heterocycles. The summed E-state index contributed by atoms with van der Waals surface area (Å²) in [6.07, 6.45) is 1.72. The van der Waals surface area contributed by atoms with Crippen LogP contribution in [0.15, 0.2) is 42.6 Å². The van der Waals surface area contributed by atoms with Gasteiger partial charge in [-0.3, -0.25) is 0 Å². The van der Waals surface area contributed by atoms with E-state index >= 15 is 0 Å². The predicted molar refractivity (Wildman–Crippen MR) is 78.1 cm³/mol. The molecule has 0 fully saturated rings. The van der Waals surface area contributed by atoms with Crippen LogP contribution in [0, 0.1) is 0 Å². The molecule has 0 amide bonds. The number of hydrogen-bond donors (Lipinski definition) is 1. The number of aromatic nitrogens is 7. The third-order valence-corrected chi connectivity index (χ3v) is 3.33. The van der Waals surface area contributed by atoms with Gasteiger partial charge in [0.05, 0.1) is 24.5 Å². The van der Waals surface area contributed by atoms with E-state index < -0.39 is 0 Å². The van der Waals surface area contributed by atoms with Crippen LogP contribution in [0.3, 0.4) is 0 Å². The molecular weight excluding hydrogens is 282 g/mol. The summed E-state index contributed by atoms with van der Waals surface area (Å²) in [4.78, 5) is 4.25. The zero-order valence-electron chi connectivity index (χ0n) is 11.6. The molecule has 0 spiro atoms. The predicted octanol–water partition coefficient (Wildman–Crippen LogP) is 1.58. The average Bonchev–Trinajstić information content (AvgIpc) is 3.23. The maximum atomic E-state index is 5.42. The number of aromatic amines is 1. The van der Waals surface area contributed by atoms with Crippen molar-refractivity contribution in [3.05, 3.63) is 42.6 Å². The van der Waals surface area contributed by atoms with Crippen molar-refractivity contribution < 1.29 is 4.74 Å². The lowest BCUT2D eigenvalue weighted by Crippen LogP contribution is -2.00. The van der Waals surface area contributed by atoms with E-state index in [0.717, 1.165) is 22.5 Å². The van der Waals surface area contributed by atoms with E-state index in [0.29, 0.717) is 11.6 Å². The summed E-state index contributed by atoms with van der Waals surface area (Å²) < 4.78 is 7.21. The third-order valence-electron chi connectivity index (χ3n) is 3.33. The van der Waals surface area contributed by atoms with Gasteiger partial charge in [-0.1, -0.05) is 12.1 Å². The summed E-state index contributed by atoms with van der Waals surface area (Å²) in [5.41, 5.74) is 2.72. The summed E-state index contributed by atoms with van der Waals surface area (Å²) >= 11 is 0. The number of tetrazole rings is 1. The van der Waals surface area contributed by atoms with E-state index in [1.807, 2.05) is 36.4 Å². The molecule has 0 saturated heterocycles. The van der Waals surface area contributed by atoms with Crippen LogP contribution in [0.2, 0.25) is 0 Å². The van der Waals surface area contributed by atoms with Crippen LogP contribution in [-0.2, 0) is 0 Å². The molecule has 1 aromatic carbocycles. The number of nitrogens with zero attached hydrogens (tertiary/aromatic N) is 6. The maximum absolute atomic E-state index is 5.42. The lowest BCUT2D eigenvalue weighted by Gasteiger charge is -2.08. The van der Waals surface area contributed by atoms with Crippen molar-refractivity contribution in [2.24, 2.45) is 0 Å². The summed E-state index contributed by atoms with van der Waals surface area (Å²) in [5, 5.41) is 18.2. The van der Waals surface area contributed by atoms with E-state index in [-0.39, 0.29) is 0 Å². The number of para-hydroxylation sites is 1. The van der Waals surface area contributed by atoms with Crippen molar-refractivity contribution in [2.75, 3.05) is 7.11 Å². The molecule has 0 aliphatic carbocycles. The lowest BCUT2D eigenvalue weighted by atomic mass is 10.1. The minimum Gasteiger partial charge on any atom is -0.496 e. The smallest absolute Gasteiger partial charge is 0.243 e. The lowest BCUT2D eigenvalue weighted by molar-refractivity contribution is 0.416. The molecule has 8 nitrogen and oxygen atoms in total. The van der Waals surface area contributed by atoms with Gasteiger partial charge in [0.1, 0.15) is 5.75 Å². The molecule has 4 rings (SSSR count). The van der Waals surface area contributed by atoms with Crippen LogP contribution in [0.5, 0.6) is 5.75 Å². The van der Waals surface area contributed by atoms with Crippen LogP contribution in [-0.4, -0.2) is 42.3 Å². The molecule has 3 heterocycles. The second kappa shape index (κ2) is 4.92. The van der Waals surface area contributed by atoms with Gasteiger partial charge in [0.25, 0.3) is 0 Å². The first kappa shape index (κ1) is 12.5. The van der Waals surface area contributed by atoms with Gasteiger partial charge in [0.2, 0.25) is 11.6 Å². The van der Waals surface area contributed by atoms with Crippen molar-refractivity contribution in [2.45, 2.75) is 0 Å². The highest BCUT2D eigenvalue weighted by molar-refractivity contribution is 5.71. The Morgan fingerprint density at radius 1 is 1.09 bits per heavy atom. The van der Waals surface area contributed by atoms with Gasteiger partial charge < -0.3 is 4.74 Å². The summed E-state index contributed by atoms with van der Waals surface area (Å²) in [6, 6.07) is 11.7. The number of hydrogen-bond acceptors (Lipinski definition) is 6. The SMILES string of the molecule is COc1ccccc1-c1ccc2cnc(-c3nn[nH]n3)nn12. The quantitative estimate of drug-likeness (QED) is 0.616. The summed E-state index contributed by atoms with van der Waals surface area (Å²) in [7, 11) is 1.65. The Balaban J connectivity index is 1.93. The van der Waals surface area contributed by atoms with Gasteiger partial charge in [-0.05, 0) is 29.5 Å². The topological polar surface area (TPSA) is 93.9 Å². The van der Waals surface area contributed by atoms with Gasteiger partial charge in [-0.25, -0.2) is 9.50 Å². The fourth-order valence-corrected chi connectivity index (χ4v) is 2.32. The fraction of sp³-hybridized carbons (Fsp3) is 0.0714. The van der Waals surface area contributed by atoms with Crippen molar-refractivity contribution in [1.29, 1.82) is 0 Å². The van der Waals surface area contributed by atoms with Gasteiger partial charge in [0, 0.05) is 5.56 Å². The minimum absolute atomic E-state index is 0.349. The Morgan fingerprint density at radius 2 is 2.00 bits per heavy atom. The zero-order valence-corrected chi connectivity index (χ0v) is 11.6. The standard InChI is InChI=1S/C14H11N7O/c1-22-12-5-3-2-4-10(12)11-7-6-9-8-15-13(18-21(9)11)14-16-19-20-17-14/h2-8H,1H3,(H,16,17,19,20). The average molecular weight is 293 g/mol. The molecule has 4 aromatic rings. The van der Waals surface area contributed by atoms with Crippen LogP contribution in [0.4, 0.5) is 0 Å². The molecule has 1 N–H and O–H groups in total. The van der Waals surface area contributed by atoms with Crippen LogP contribution < -0.4 is 4.74 Å². The fourth-order valence-electron chi connectivity index (χ4n) is 2.32. The van der Waals surface area contributed by atoms with E-state index in [2.05, 4.69) is 30.7 Å². The molecule has 0 aliphatic heterocycles. The third kappa shape index (κ3) is 1.89. The maximum Gasteiger partial charge on any atom is 0.243 e. The van der Waals surface area contributed by atoms with Gasteiger partial charge in [-0.15, -0.1) is 15.3 Å². The molecular formula is C14H11N7O. The first-order chi connectivity index (χ1) is 10.9. The number of rotatable bonds is 3. The van der Waals surface area contributed by atoms with Gasteiger partial charge in [-0.2, -0.15) is 5.21 Å². The summed E-state index contributed by atoms with van der Waals surface area (Å²) in [5.74, 6) is 1.53. The number of benzene rings is 1. The Hall–Kier alpha value is -3.29. The molecule has 0 aliphatic rings. The highest BCUT2D eigenvalue weighted by atomic mass is 16.5. The highest BCUT2D eigenvalue weighted by Crippen LogP contribution is 2.30. The Morgan fingerprint density at radius 3 is 2.82 bits per heavy atom. The normalized spacial score (nSPS) is 11.0. The number of methoxy groups -OCH3 is 1. The van der Waals surface area contributed by atoms with E-state index in [1.54, 1.807) is 17.8 Å². The van der Waals surface area contributed by atoms with E-state index in [9.17, 15) is 0 Å². The molecule has 22 heavy (non-hydrogen) atoms. The summed E-state index contributed by atoms with van der Waals surface area (Å²) in [6.45, 7) is 0. The van der Waals surface area contributed by atoms with Crippen molar-refractivity contribution in [3.8, 4) is 28.7 Å². The molecule has 0 atom stereocenters. The first-order valence-electron chi connectivity index (χ1n) is 6.59. The van der Waals surface area contributed by atoms with Gasteiger partial charge >= 0.3 is 0 Å². The van der Waals surface area contributed by atoms with E-state index in [1.165, 1.54) is 0 Å². The number of ether oxygens (including phenoxy) is 1. The zero-order chi connectivity index (χ0) is 14.9. The van der Waals surface area contributed by atoms with Gasteiger partial charge in [0.15, 0.2) is 0 Å². The van der Waals surface area contributed by atoms with Crippen molar-refractivity contribution in [3.63, 3.8) is 0 Å². The second-order valence-electron chi connectivity index (χ2n) is 4.57. The van der Waals surface area contributed by atoms with Crippen molar-refractivity contribution >= 4 is 5.52 Å². The van der Waals surface area contributed by atoms with Crippen LogP contribution in [0.1, 0.15) is 0 Å². The van der Waals surface area contributed by atoms with Crippen LogP contribution >= 0.6 is 0 Å². The number of fused-ring (bicyclic) bond motifs is 1. The molecule has 0 radical (unpaired) electrons. The molecule has 0 unspecified atom stereocenters. The monoisotopic (exact) mass is 293 g/mol. The second-order valence-corrected chi connectivity index (χ2v) is 4.57. The number of nitrogens with one attached hydrogen (secondary N) is 1. The Kier molecular flexibility index (Phi) is 2.78. The molecule has 8 heteroatoms. The first-order valence-corrected chi connectivity index (χ1v) is 6.59. The minimum atomic E-state index is 0.349. The highest BCUT2D eigenvalue weighted by Gasteiger charge is 2.13. The Bertz CT molecular complexity index is 929. The Labute approximate surface area is 124 Å². The molecule has 0 saturated carbocycles. The molecule has 0 bridgehead atoms. The number of H-pyrrole nitrogens is 1. The molecule has 108 valence electrons. The van der Waals surface area contributed by atoms with Crippen LogP contribution in [0.25, 0.3) is 28.4 Å². The largest absolute Gasteiger partial charge is 0.496 e.